The van der Waals surface area contributed by atoms with E-state index in [4.69, 9.17) is 0 Å². The molecule has 1 atom stereocenters. The molecule has 0 spiro atoms. The van der Waals surface area contributed by atoms with Crippen LogP contribution in [0.3, 0.4) is 0 Å². The summed E-state index contributed by atoms with van der Waals surface area (Å²) in [6.45, 7) is 6.62. The highest BCUT2D eigenvalue weighted by Crippen LogP contribution is 2.25. The van der Waals surface area contributed by atoms with E-state index in [0.29, 0.717) is 0 Å². The zero-order chi connectivity index (χ0) is 14.6. The number of likely N-dealkylation sites (tertiary alicyclic amines) is 1. The normalized spacial score (nSPS) is 19.8. The van der Waals surface area contributed by atoms with Gasteiger partial charge in [0.25, 0.3) is 0 Å². The predicted molar refractivity (Wildman–Crippen MR) is 81.7 cm³/mol. The molecule has 4 nitrogen and oxygen atoms in total. The zero-order valence-corrected chi connectivity index (χ0v) is 13.2. The fraction of sp³-hybridized carbons (Fsp3) is 0.812. The molecule has 0 aliphatic carbocycles. The van der Waals surface area contributed by atoms with Gasteiger partial charge in [-0.25, -0.2) is 0 Å². The Kier molecular flexibility index (Phi) is 5.22. The molecule has 0 bridgehead atoms. The molecule has 1 aromatic heterocycles. The summed E-state index contributed by atoms with van der Waals surface area (Å²) in [7, 11) is 1.93. The minimum Gasteiger partial charge on any atom is -0.391 e. The van der Waals surface area contributed by atoms with Gasteiger partial charge in [0.1, 0.15) is 0 Å². The first-order chi connectivity index (χ1) is 9.50. The van der Waals surface area contributed by atoms with Gasteiger partial charge in [0.2, 0.25) is 0 Å². The second kappa shape index (κ2) is 6.72. The third-order valence-electron chi connectivity index (χ3n) is 4.70. The van der Waals surface area contributed by atoms with E-state index in [1.54, 1.807) is 0 Å². The van der Waals surface area contributed by atoms with Crippen LogP contribution < -0.4 is 0 Å². The maximum absolute atomic E-state index is 10.6. The topological polar surface area (TPSA) is 41.3 Å². The van der Waals surface area contributed by atoms with Crippen molar-refractivity contribution in [1.82, 2.24) is 14.7 Å². The Morgan fingerprint density at radius 3 is 2.45 bits per heavy atom. The number of nitrogens with zero attached hydrogens (tertiary/aromatic N) is 3. The highest BCUT2D eigenvalue weighted by Gasteiger charge is 2.34. The summed E-state index contributed by atoms with van der Waals surface area (Å²) in [5.41, 5.74) is 1.07. The Hall–Kier alpha value is -0.870. The van der Waals surface area contributed by atoms with Crippen LogP contribution in [0.2, 0.25) is 0 Å². The Morgan fingerprint density at radius 2 is 1.90 bits per heavy atom. The smallest absolute Gasteiger partial charge is 0.0721 e. The van der Waals surface area contributed by atoms with Crippen molar-refractivity contribution in [3.8, 4) is 0 Å². The van der Waals surface area contributed by atoms with E-state index < -0.39 is 0 Å². The first-order valence-corrected chi connectivity index (χ1v) is 7.91. The van der Waals surface area contributed by atoms with Gasteiger partial charge < -0.3 is 5.11 Å². The predicted octanol–water partition coefficient (Wildman–Crippen LogP) is 2.37. The number of aliphatic hydroxyl groups is 1. The molecule has 1 saturated heterocycles. The third kappa shape index (κ3) is 3.83. The molecule has 1 aliphatic heterocycles. The maximum atomic E-state index is 10.6. The summed E-state index contributed by atoms with van der Waals surface area (Å²) < 4.78 is 1.82. The first kappa shape index (κ1) is 15.5. The number of hydrogen-bond donors (Lipinski definition) is 1. The van der Waals surface area contributed by atoms with Crippen LogP contribution in [0.4, 0.5) is 0 Å². The molecule has 1 fully saturated rings. The summed E-state index contributed by atoms with van der Waals surface area (Å²) in [5.74, 6) is 0. The van der Waals surface area contributed by atoms with Crippen LogP contribution >= 0.6 is 0 Å². The second-order valence-corrected chi connectivity index (χ2v) is 6.63. The minimum absolute atomic E-state index is 0.132. The van der Waals surface area contributed by atoms with Gasteiger partial charge in [0.15, 0.2) is 0 Å². The van der Waals surface area contributed by atoms with Crippen LogP contribution in [0.25, 0.3) is 0 Å². The molecule has 0 aromatic carbocycles. The Morgan fingerprint density at radius 1 is 1.25 bits per heavy atom. The lowest BCUT2D eigenvalue weighted by atomic mass is 9.90. The maximum Gasteiger partial charge on any atom is 0.0721 e. The number of aryl methyl sites for hydroxylation is 2. The molecule has 2 rings (SSSR count). The highest BCUT2D eigenvalue weighted by molar-refractivity contribution is 5.04. The summed E-state index contributed by atoms with van der Waals surface area (Å²) in [4.78, 5) is 2.48. The summed E-state index contributed by atoms with van der Waals surface area (Å²) in [6.07, 6.45) is 10.5. The number of hydrogen-bond acceptors (Lipinski definition) is 3. The van der Waals surface area contributed by atoms with Gasteiger partial charge in [0.05, 0.1) is 12.3 Å². The molecule has 20 heavy (non-hydrogen) atoms. The molecule has 0 amide bonds. The average molecular weight is 279 g/mol. The molecule has 1 aliphatic rings. The van der Waals surface area contributed by atoms with Crippen molar-refractivity contribution in [3.05, 3.63) is 18.0 Å². The van der Waals surface area contributed by atoms with Crippen molar-refractivity contribution in [3.63, 3.8) is 0 Å². The minimum atomic E-state index is -0.291. The van der Waals surface area contributed by atoms with E-state index in [0.717, 1.165) is 25.9 Å². The van der Waals surface area contributed by atoms with Crippen molar-refractivity contribution in [2.24, 2.45) is 7.05 Å². The number of aromatic nitrogens is 2. The van der Waals surface area contributed by atoms with Gasteiger partial charge in [-0.2, -0.15) is 5.10 Å². The Balaban J connectivity index is 1.89. The van der Waals surface area contributed by atoms with E-state index in [-0.39, 0.29) is 11.6 Å². The van der Waals surface area contributed by atoms with E-state index in [1.807, 2.05) is 24.1 Å². The first-order valence-electron chi connectivity index (χ1n) is 7.91. The monoisotopic (exact) mass is 279 g/mol. The van der Waals surface area contributed by atoms with Crippen molar-refractivity contribution in [2.75, 3.05) is 13.1 Å². The molecule has 0 radical (unpaired) electrons. The van der Waals surface area contributed by atoms with E-state index in [2.05, 4.69) is 23.8 Å². The second-order valence-electron chi connectivity index (χ2n) is 6.63. The fourth-order valence-corrected chi connectivity index (χ4v) is 3.12. The molecular weight excluding hydrogens is 250 g/mol. The standard InChI is InChI=1S/C16H29N3O/c1-16(2,19-10-6-4-5-7-11-19)15(20)9-8-14-12-17-18(3)13-14/h12-13,15,20H,4-11H2,1-3H3. The van der Waals surface area contributed by atoms with Gasteiger partial charge >= 0.3 is 0 Å². The molecular formula is C16H29N3O. The third-order valence-corrected chi connectivity index (χ3v) is 4.70. The number of aliphatic hydroxyl groups excluding tert-OH is 1. The molecule has 1 N–H and O–H groups in total. The van der Waals surface area contributed by atoms with Crippen molar-refractivity contribution < 1.29 is 5.11 Å². The molecule has 4 heteroatoms. The fourth-order valence-electron chi connectivity index (χ4n) is 3.12. The highest BCUT2D eigenvalue weighted by atomic mass is 16.3. The average Bonchev–Trinajstić information content (AvgIpc) is 2.68. The van der Waals surface area contributed by atoms with Crippen molar-refractivity contribution in [1.29, 1.82) is 0 Å². The summed E-state index contributed by atoms with van der Waals surface area (Å²) >= 11 is 0. The van der Waals surface area contributed by atoms with Crippen molar-refractivity contribution in [2.45, 2.75) is 64.0 Å². The quantitative estimate of drug-likeness (QED) is 0.899. The van der Waals surface area contributed by atoms with Crippen molar-refractivity contribution >= 4 is 0 Å². The van der Waals surface area contributed by atoms with E-state index in [1.165, 1.54) is 31.2 Å². The van der Waals surface area contributed by atoms with Gasteiger partial charge in [-0.1, -0.05) is 12.8 Å². The Labute approximate surface area is 122 Å². The zero-order valence-electron chi connectivity index (χ0n) is 13.2. The lowest BCUT2D eigenvalue weighted by Gasteiger charge is -2.41. The summed E-state index contributed by atoms with van der Waals surface area (Å²) in [6, 6.07) is 0. The van der Waals surface area contributed by atoms with E-state index in [9.17, 15) is 5.11 Å². The van der Waals surface area contributed by atoms with Gasteiger partial charge in [-0.3, -0.25) is 9.58 Å². The van der Waals surface area contributed by atoms with Crippen LogP contribution in [0.5, 0.6) is 0 Å². The molecule has 1 aromatic rings. The lowest BCUT2D eigenvalue weighted by Crippen LogP contribution is -2.52. The van der Waals surface area contributed by atoms with Crippen LogP contribution in [0.15, 0.2) is 12.4 Å². The van der Waals surface area contributed by atoms with Crippen LogP contribution in [0.1, 0.15) is 51.5 Å². The lowest BCUT2D eigenvalue weighted by molar-refractivity contribution is -0.0124. The largest absolute Gasteiger partial charge is 0.391 e. The van der Waals surface area contributed by atoms with Crippen LogP contribution in [-0.4, -0.2) is 44.5 Å². The molecule has 0 saturated carbocycles. The SMILES string of the molecule is Cn1cc(CCC(O)C(C)(C)N2CCCCCC2)cn1. The van der Waals surface area contributed by atoms with Gasteiger partial charge in [-0.15, -0.1) is 0 Å². The molecule has 1 unspecified atom stereocenters. The van der Waals surface area contributed by atoms with E-state index >= 15 is 0 Å². The molecule has 114 valence electrons. The van der Waals surface area contributed by atoms with Crippen LogP contribution in [0, 0.1) is 0 Å². The van der Waals surface area contributed by atoms with Crippen LogP contribution in [-0.2, 0) is 13.5 Å². The van der Waals surface area contributed by atoms with Gasteiger partial charge in [-0.05, 0) is 58.2 Å². The van der Waals surface area contributed by atoms with Gasteiger partial charge in [0, 0.05) is 18.8 Å². The number of rotatable bonds is 5. The summed E-state index contributed by atoms with van der Waals surface area (Å²) in [5, 5.41) is 14.8. The Bertz CT molecular complexity index is 406. The molecule has 2 heterocycles.